The molecule has 1 N–H and O–H groups in total. The van der Waals surface area contributed by atoms with E-state index in [1.54, 1.807) is 0 Å². The minimum Gasteiger partial charge on any atom is -0.376 e. The first-order chi connectivity index (χ1) is 9.08. The van der Waals surface area contributed by atoms with Gasteiger partial charge in [0.25, 0.3) is 5.91 Å². The monoisotopic (exact) mass is 276 g/mol. The Bertz CT molecular complexity index is 583. The largest absolute Gasteiger partial charge is 0.376 e. The van der Waals surface area contributed by atoms with Gasteiger partial charge < -0.3 is 10.2 Å². The van der Waals surface area contributed by atoms with Crippen LogP contribution in [0.5, 0.6) is 0 Å². The van der Waals surface area contributed by atoms with Crippen LogP contribution in [0.15, 0.2) is 36.7 Å². The van der Waals surface area contributed by atoms with Crippen molar-refractivity contribution in [1.29, 1.82) is 0 Å². The van der Waals surface area contributed by atoms with Crippen molar-refractivity contribution in [1.82, 2.24) is 9.97 Å². The van der Waals surface area contributed by atoms with Crippen molar-refractivity contribution in [3.05, 3.63) is 47.5 Å². The summed E-state index contributed by atoms with van der Waals surface area (Å²) < 4.78 is 0. The van der Waals surface area contributed by atoms with E-state index in [-0.39, 0.29) is 16.8 Å². The van der Waals surface area contributed by atoms with Crippen LogP contribution in [-0.2, 0) is 0 Å². The van der Waals surface area contributed by atoms with Crippen molar-refractivity contribution in [2.75, 3.05) is 24.3 Å². The average Bonchev–Trinajstić information content (AvgIpc) is 2.39. The van der Waals surface area contributed by atoms with Gasteiger partial charge in [0.1, 0.15) is 10.8 Å². The van der Waals surface area contributed by atoms with E-state index < -0.39 is 0 Å². The number of rotatable bonds is 3. The number of para-hydroxylation sites is 2. The van der Waals surface area contributed by atoms with Crippen LogP contribution in [0.3, 0.4) is 0 Å². The van der Waals surface area contributed by atoms with E-state index in [2.05, 4.69) is 15.3 Å². The lowest BCUT2D eigenvalue weighted by molar-refractivity contribution is 0.102. The van der Waals surface area contributed by atoms with Crippen molar-refractivity contribution in [3.63, 3.8) is 0 Å². The van der Waals surface area contributed by atoms with E-state index in [0.717, 1.165) is 5.69 Å². The summed E-state index contributed by atoms with van der Waals surface area (Å²) in [7, 11) is 3.82. The van der Waals surface area contributed by atoms with Crippen LogP contribution in [0.25, 0.3) is 0 Å². The highest BCUT2D eigenvalue weighted by Crippen LogP contribution is 2.23. The van der Waals surface area contributed by atoms with Gasteiger partial charge in [-0.05, 0) is 12.1 Å². The van der Waals surface area contributed by atoms with Gasteiger partial charge >= 0.3 is 0 Å². The smallest absolute Gasteiger partial charge is 0.275 e. The normalized spacial score (nSPS) is 10.1. The van der Waals surface area contributed by atoms with Gasteiger partial charge in [0, 0.05) is 14.1 Å². The summed E-state index contributed by atoms with van der Waals surface area (Å²) in [5.74, 6) is -0.321. The topological polar surface area (TPSA) is 58.1 Å². The molecule has 0 radical (unpaired) electrons. The van der Waals surface area contributed by atoms with Crippen LogP contribution in [0.2, 0.25) is 5.15 Å². The van der Waals surface area contributed by atoms with Gasteiger partial charge in [0.05, 0.1) is 23.8 Å². The second kappa shape index (κ2) is 5.67. The molecule has 2 rings (SSSR count). The first kappa shape index (κ1) is 13.3. The number of hydrogen-bond acceptors (Lipinski definition) is 4. The molecule has 0 unspecified atom stereocenters. The Morgan fingerprint density at radius 1 is 1.21 bits per heavy atom. The number of benzene rings is 1. The molecular weight excluding hydrogens is 264 g/mol. The Morgan fingerprint density at radius 3 is 2.58 bits per heavy atom. The van der Waals surface area contributed by atoms with Crippen LogP contribution in [0.1, 0.15) is 10.5 Å². The number of hydrogen-bond donors (Lipinski definition) is 1. The van der Waals surface area contributed by atoms with Crippen LogP contribution in [0.4, 0.5) is 11.4 Å². The van der Waals surface area contributed by atoms with Gasteiger partial charge in [-0.2, -0.15) is 0 Å². The number of carbonyl (C=O) groups is 1. The predicted molar refractivity (Wildman–Crippen MR) is 75.8 cm³/mol. The molecule has 6 heteroatoms. The summed E-state index contributed by atoms with van der Waals surface area (Å²) in [6, 6.07) is 7.52. The van der Waals surface area contributed by atoms with Gasteiger partial charge in [0.15, 0.2) is 0 Å². The molecule has 0 aliphatic heterocycles. The molecule has 19 heavy (non-hydrogen) atoms. The Hall–Kier alpha value is -2.14. The van der Waals surface area contributed by atoms with Crippen molar-refractivity contribution in [2.45, 2.75) is 0 Å². The summed E-state index contributed by atoms with van der Waals surface area (Å²) in [6.07, 6.45) is 2.68. The molecular formula is C13H13ClN4O. The van der Waals surface area contributed by atoms with Crippen LogP contribution < -0.4 is 10.2 Å². The Balaban J connectivity index is 2.22. The highest BCUT2D eigenvalue weighted by molar-refractivity contribution is 6.29. The third-order valence-electron chi connectivity index (χ3n) is 2.49. The maximum atomic E-state index is 12.0. The van der Waals surface area contributed by atoms with Gasteiger partial charge in [0.2, 0.25) is 0 Å². The van der Waals surface area contributed by atoms with E-state index in [1.807, 2.05) is 43.3 Å². The molecule has 0 atom stereocenters. The number of amides is 1. The summed E-state index contributed by atoms with van der Waals surface area (Å²) in [5, 5.41) is 3.06. The maximum Gasteiger partial charge on any atom is 0.275 e. The van der Waals surface area contributed by atoms with E-state index in [0.29, 0.717) is 5.69 Å². The first-order valence-electron chi connectivity index (χ1n) is 5.63. The summed E-state index contributed by atoms with van der Waals surface area (Å²) in [5.41, 5.74) is 1.85. The fourth-order valence-electron chi connectivity index (χ4n) is 1.59. The fraction of sp³-hybridized carbons (Fsp3) is 0.154. The minimum absolute atomic E-state index is 0.220. The van der Waals surface area contributed by atoms with Crippen molar-refractivity contribution in [3.8, 4) is 0 Å². The SMILES string of the molecule is CN(C)c1ccccc1NC(=O)c1cnc(Cl)cn1. The Kier molecular flexibility index (Phi) is 3.97. The zero-order chi connectivity index (χ0) is 13.8. The van der Waals surface area contributed by atoms with E-state index >= 15 is 0 Å². The molecule has 0 aliphatic carbocycles. The fourth-order valence-corrected chi connectivity index (χ4v) is 1.68. The molecule has 5 nitrogen and oxygen atoms in total. The third-order valence-corrected chi connectivity index (χ3v) is 2.68. The summed E-state index contributed by atoms with van der Waals surface area (Å²) >= 11 is 5.63. The molecule has 0 bridgehead atoms. The molecule has 1 heterocycles. The molecule has 0 aliphatic rings. The number of nitrogens with zero attached hydrogens (tertiary/aromatic N) is 3. The molecule has 1 aromatic carbocycles. The molecule has 0 saturated heterocycles. The molecule has 1 amide bonds. The molecule has 0 spiro atoms. The Labute approximate surface area is 116 Å². The van der Waals surface area contributed by atoms with Crippen molar-refractivity contribution in [2.24, 2.45) is 0 Å². The maximum absolute atomic E-state index is 12.0. The molecule has 0 saturated carbocycles. The van der Waals surface area contributed by atoms with Gasteiger partial charge in [-0.15, -0.1) is 0 Å². The molecule has 1 aromatic heterocycles. The number of aromatic nitrogens is 2. The Morgan fingerprint density at radius 2 is 1.95 bits per heavy atom. The molecule has 0 fully saturated rings. The lowest BCUT2D eigenvalue weighted by Gasteiger charge is -2.17. The number of halogens is 1. The number of nitrogens with one attached hydrogen (secondary N) is 1. The molecule has 98 valence electrons. The second-order valence-corrected chi connectivity index (χ2v) is 4.48. The van der Waals surface area contributed by atoms with Crippen LogP contribution in [-0.4, -0.2) is 30.0 Å². The summed E-state index contributed by atoms with van der Waals surface area (Å²) in [6.45, 7) is 0. The van der Waals surface area contributed by atoms with Crippen molar-refractivity contribution >= 4 is 28.9 Å². The highest BCUT2D eigenvalue weighted by Gasteiger charge is 2.11. The molecule has 2 aromatic rings. The van der Waals surface area contributed by atoms with E-state index in [1.165, 1.54) is 12.4 Å². The lowest BCUT2D eigenvalue weighted by Crippen LogP contribution is -2.17. The van der Waals surface area contributed by atoms with Crippen LogP contribution in [0, 0.1) is 0 Å². The summed E-state index contributed by atoms with van der Waals surface area (Å²) in [4.78, 5) is 21.7. The van der Waals surface area contributed by atoms with E-state index in [4.69, 9.17) is 11.6 Å². The van der Waals surface area contributed by atoms with Crippen LogP contribution >= 0.6 is 11.6 Å². The van der Waals surface area contributed by atoms with Gasteiger partial charge in [-0.3, -0.25) is 4.79 Å². The zero-order valence-corrected chi connectivity index (χ0v) is 11.3. The van der Waals surface area contributed by atoms with E-state index in [9.17, 15) is 4.79 Å². The van der Waals surface area contributed by atoms with Gasteiger partial charge in [-0.25, -0.2) is 9.97 Å². The lowest BCUT2D eigenvalue weighted by atomic mass is 10.2. The zero-order valence-electron chi connectivity index (χ0n) is 10.6. The quantitative estimate of drug-likeness (QED) is 0.935. The van der Waals surface area contributed by atoms with Crippen molar-refractivity contribution < 1.29 is 4.79 Å². The van der Waals surface area contributed by atoms with Gasteiger partial charge in [-0.1, -0.05) is 23.7 Å². The number of carbonyl (C=O) groups excluding carboxylic acids is 1. The highest BCUT2D eigenvalue weighted by atomic mass is 35.5. The minimum atomic E-state index is -0.321. The second-order valence-electron chi connectivity index (χ2n) is 4.09. The first-order valence-corrected chi connectivity index (χ1v) is 6.01. The number of anilines is 2. The standard InChI is InChI=1S/C13H13ClN4O/c1-18(2)11-6-4-3-5-9(11)17-13(19)10-7-16-12(14)8-15-10/h3-8H,1-2H3,(H,17,19). The predicted octanol–water partition coefficient (Wildman–Crippen LogP) is 2.45. The average molecular weight is 277 g/mol. The third kappa shape index (κ3) is 3.20.